The summed E-state index contributed by atoms with van der Waals surface area (Å²) in [6.45, 7) is 2.05. The molecule has 0 saturated heterocycles. The third kappa shape index (κ3) is 1.86. The molecule has 20 heavy (non-hydrogen) atoms. The number of benzene rings is 1. The van der Waals surface area contributed by atoms with Gasteiger partial charge in [-0.3, -0.25) is 0 Å². The summed E-state index contributed by atoms with van der Waals surface area (Å²) in [6.07, 6.45) is 4.65. The second-order valence-electron chi connectivity index (χ2n) is 5.31. The standard InChI is InChI=1S/C16H14BrN3/c1-10-14-13(17)9-20(12-7-8-12)16(14)19-15(18-10)11-5-3-2-4-6-11/h2-6,9,12H,7-8H2,1H3. The first-order valence-corrected chi connectivity index (χ1v) is 7.63. The van der Waals surface area contributed by atoms with Gasteiger partial charge in [0.05, 0.1) is 11.1 Å². The Labute approximate surface area is 125 Å². The van der Waals surface area contributed by atoms with E-state index in [4.69, 9.17) is 4.98 Å². The highest BCUT2D eigenvalue weighted by Crippen LogP contribution is 2.40. The maximum Gasteiger partial charge on any atom is 0.161 e. The SMILES string of the molecule is Cc1nc(-c2ccccc2)nc2c1c(Br)cn2C1CC1. The summed E-state index contributed by atoms with van der Waals surface area (Å²) in [5.41, 5.74) is 3.14. The predicted molar refractivity (Wildman–Crippen MR) is 83.7 cm³/mol. The van der Waals surface area contributed by atoms with Gasteiger partial charge in [-0.1, -0.05) is 30.3 Å². The summed E-state index contributed by atoms with van der Waals surface area (Å²) in [5, 5.41) is 1.14. The minimum Gasteiger partial charge on any atom is -0.328 e. The lowest BCUT2D eigenvalue weighted by Gasteiger charge is -2.06. The third-order valence-corrected chi connectivity index (χ3v) is 4.38. The fourth-order valence-corrected chi connectivity index (χ4v) is 3.30. The van der Waals surface area contributed by atoms with Crippen molar-refractivity contribution in [2.24, 2.45) is 0 Å². The van der Waals surface area contributed by atoms with E-state index in [9.17, 15) is 0 Å². The number of fused-ring (bicyclic) bond motifs is 1. The third-order valence-electron chi connectivity index (χ3n) is 3.78. The van der Waals surface area contributed by atoms with Gasteiger partial charge in [-0.05, 0) is 35.7 Å². The van der Waals surface area contributed by atoms with E-state index in [2.05, 4.69) is 50.7 Å². The summed E-state index contributed by atoms with van der Waals surface area (Å²) in [5.74, 6) is 0.808. The quantitative estimate of drug-likeness (QED) is 0.693. The molecule has 0 aliphatic heterocycles. The van der Waals surface area contributed by atoms with Gasteiger partial charge in [0.15, 0.2) is 5.82 Å². The highest BCUT2D eigenvalue weighted by molar-refractivity contribution is 9.10. The summed E-state index contributed by atoms with van der Waals surface area (Å²) in [4.78, 5) is 9.48. The first kappa shape index (κ1) is 12.1. The molecule has 4 rings (SSSR count). The molecule has 2 aromatic heterocycles. The minimum absolute atomic E-state index is 0.613. The van der Waals surface area contributed by atoms with Gasteiger partial charge < -0.3 is 4.57 Å². The maximum atomic E-state index is 4.81. The lowest BCUT2D eigenvalue weighted by molar-refractivity contribution is 0.764. The van der Waals surface area contributed by atoms with Gasteiger partial charge >= 0.3 is 0 Å². The van der Waals surface area contributed by atoms with Crippen molar-refractivity contribution in [3.63, 3.8) is 0 Å². The maximum absolute atomic E-state index is 4.81. The van der Waals surface area contributed by atoms with Gasteiger partial charge in [-0.25, -0.2) is 9.97 Å². The molecule has 1 saturated carbocycles. The van der Waals surface area contributed by atoms with Crippen LogP contribution in [0.25, 0.3) is 22.4 Å². The first-order chi connectivity index (χ1) is 9.74. The Bertz CT molecular complexity index is 788. The molecule has 0 atom stereocenters. The minimum atomic E-state index is 0.613. The van der Waals surface area contributed by atoms with Crippen molar-refractivity contribution in [1.82, 2.24) is 14.5 Å². The zero-order chi connectivity index (χ0) is 13.7. The van der Waals surface area contributed by atoms with E-state index in [0.29, 0.717) is 6.04 Å². The van der Waals surface area contributed by atoms with Crippen molar-refractivity contribution in [2.45, 2.75) is 25.8 Å². The highest BCUT2D eigenvalue weighted by Gasteiger charge is 2.27. The van der Waals surface area contributed by atoms with E-state index in [1.54, 1.807) is 0 Å². The van der Waals surface area contributed by atoms with Gasteiger partial charge in [0.1, 0.15) is 5.65 Å². The van der Waals surface area contributed by atoms with Crippen LogP contribution in [-0.4, -0.2) is 14.5 Å². The number of aromatic nitrogens is 3. The zero-order valence-corrected chi connectivity index (χ0v) is 12.8. The molecular weight excluding hydrogens is 314 g/mol. The van der Waals surface area contributed by atoms with E-state index in [0.717, 1.165) is 32.6 Å². The second kappa shape index (κ2) is 4.42. The Morgan fingerprint density at radius 1 is 1.15 bits per heavy atom. The number of rotatable bonds is 2. The van der Waals surface area contributed by atoms with Gasteiger partial charge in [-0.15, -0.1) is 0 Å². The topological polar surface area (TPSA) is 30.7 Å². The molecule has 1 aromatic carbocycles. The van der Waals surface area contributed by atoms with Crippen LogP contribution < -0.4 is 0 Å². The molecule has 4 heteroatoms. The molecule has 0 radical (unpaired) electrons. The summed E-state index contributed by atoms with van der Waals surface area (Å²) >= 11 is 3.64. The van der Waals surface area contributed by atoms with Crippen molar-refractivity contribution in [3.05, 3.63) is 46.7 Å². The summed E-state index contributed by atoms with van der Waals surface area (Å²) < 4.78 is 3.39. The van der Waals surface area contributed by atoms with E-state index >= 15 is 0 Å². The molecule has 1 aliphatic carbocycles. The van der Waals surface area contributed by atoms with E-state index in [1.807, 2.05) is 18.2 Å². The largest absolute Gasteiger partial charge is 0.328 e. The van der Waals surface area contributed by atoms with Crippen LogP contribution in [0.2, 0.25) is 0 Å². The van der Waals surface area contributed by atoms with Crippen molar-refractivity contribution < 1.29 is 0 Å². The average Bonchev–Trinajstić information content (AvgIpc) is 3.24. The molecule has 1 aliphatic rings. The van der Waals surface area contributed by atoms with Crippen molar-refractivity contribution in [1.29, 1.82) is 0 Å². The molecule has 0 spiro atoms. The zero-order valence-electron chi connectivity index (χ0n) is 11.2. The van der Waals surface area contributed by atoms with Crippen LogP contribution in [-0.2, 0) is 0 Å². The molecule has 2 heterocycles. The fraction of sp³-hybridized carbons (Fsp3) is 0.250. The number of halogens is 1. The smallest absolute Gasteiger partial charge is 0.161 e. The Balaban J connectivity index is 1.99. The molecule has 100 valence electrons. The van der Waals surface area contributed by atoms with E-state index in [-0.39, 0.29) is 0 Å². The van der Waals surface area contributed by atoms with Crippen molar-refractivity contribution in [2.75, 3.05) is 0 Å². The lowest BCUT2D eigenvalue weighted by atomic mass is 10.2. The number of aryl methyl sites for hydroxylation is 1. The van der Waals surface area contributed by atoms with Crippen molar-refractivity contribution >= 4 is 27.0 Å². The highest BCUT2D eigenvalue weighted by atomic mass is 79.9. The molecule has 0 amide bonds. The van der Waals surface area contributed by atoms with Crippen LogP contribution in [0, 0.1) is 6.92 Å². The van der Waals surface area contributed by atoms with Crippen molar-refractivity contribution in [3.8, 4) is 11.4 Å². The molecule has 3 nitrogen and oxygen atoms in total. The Hall–Kier alpha value is -1.68. The van der Waals surface area contributed by atoms with Gasteiger partial charge in [-0.2, -0.15) is 0 Å². The van der Waals surface area contributed by atoms with Gasteiger partial charge in [0.2, 0.25) is 0 Å². The van der Waals surface area contributed by atoms with E-state index in [1.165, 1.54) is 12.8 Å². The Kier molecular flexibility index (Phi) is 2.67. The average molecular weight is 328 g/mol. The number of hydrogen-bond donors (Lipinski definition) is 0. The first-order valence-electron chi connectivity index (χ1n) is 6.84. The Morgan fingerprint density at radius 3 is 2.60 bits per heavy atom. The van der Waals surface area contributed by atoms with Crippen LogP contribution in [0.15, 0.2) is 41.0 Å². The number of nitrogens with zero attached hydrogens (tertiary/aromatic N) is 3. The molecule has 1 fully saturated rings. The molecule has 0 N–H and O–H groups in total. The van der Waals surface area contributed by atoms with Crippen LogP contribution >= 0.6 is 15.9 Å². The van der Waals surface area contributed by atoms with E-state index < -0.39 is 0 Å². The van der Waals surface area contributed by atoms with Crippen LogP contribution in [0.1, 0.15) is 24.6 Å². The van der Waals surface area contributed by atoms with Crippen LogP contribution in [0.5, 0.6) is 0 Å². The monoisotopic (exact) mass is 327 g/mol. The van der Waals surface area contributed by atoms with Crippen LogP contribution in [0.4, 0.5) is 0 Å². The Morgan fingerprint density at radius 2 is 1.90 bits per heavy atom. The normalized spacial score (nSPS) is 14.9. The fourth-order valence-electron chi connectivity index (χ4n) is 2.62. The van der Waals surface area contributed by atoms with Gasteiger partial charge in [0, 0.05) is 22.3 Å². The predicted octanol–water partition coefficient (Wildman–Crippen LogP) is 4.50. The summed E-state index contributed by atoms with van der Waals surface area (Å²) in [7, 11) is 0. The molecule has 3 aromatic rings. The molecular formula is C16H14BrN3. The molecule has 0 unspecified atom stereocenters. The van der Waals surface area contributed by atoms with Crippen LogP contribution in [0.3, 0.4) is 0 Å². The summed E-state index contributed by atoms with van der Waals surface area (Å²) in [6, 6.07) is 10.8. The van der Waals surface area contributed by atoms with Gasteiger partial charge in [0.25, 0.3) is 0 Å². The molecule has 0 bridgehead atoms. The second-order valence-corrected chi connectivity index (χ2v) is 6.17. The lowest BCUT2D eigenvalue weighted by Crippen LogP contribution is -1.98. The number of hydrogen-bond acceptors (Lipinski definition) is 2.